The van der Waals surface area contributed by atoms with Crippen LogP contribution in [0, 0.1) is 17.7 Å². The second-order valence-corrected chi connectivity index (χ2v) is 6.12. The number of rotatable bonds is 6. The molecular weight excluding hydrogens is 293 g/mol. The maximum absolute atomic E-state index is 13.8. The molecule has 2 unspecified atom stereocenters. The zero-order valence-corrected chi connectivity index (χ0v) is 13.2. The van der Waals surface area contributed by atoms with Crippen LogP contribution in [0.15, 0.2) is 22.7 Å². The van der Waals surface area contributed by atoms with Crippen LogP contribution < -0.4 is 5.32 Å². The first-order valence-corrected chi connectivity index (χ1v) is 7.42. The summed E-state index contributed by atoms with van der Waals surface area (Å²) in [5.74, 6) is 0.990. The van der Waals surface area contributed by atoms with Gasteiger partial charge in [-0.1, -0.05) is 43.6 Å². The lowest BCUT2D eigenvalue weighted by Crippen LogP contribution is -2.39. The van der Waals surface area contributed by atoms with Crippen LogP contribution in [0.25, 0.3) is 0 Å². The Labute approximate surface area is 118 Å². The minimum atomic E-state index is -0.114. The zero-order valence-electron chi connectivity index (χ0n) is 11.6. The van der Waals surface area contributed by atoms with Crippen LogP contribution in [0.1, 0.15) is 33.3 Å². The third-order valence-corrected chi connectivity index (χ3v) is 4.09. The van der Waals surface area contributed by atoms with Crippen LogP contribution in [-0.2, 0) is 6.42 Å². The van der Waals surface area contributed by atoms with E-state index in [1.54, 1.807) is 6.07 Å². The molecule has 1 aromatic carbocycles. The van der Waals surface area contributed by atoms with Gasteiger partial charge in [0.25, 0.3) is 0 Å². The van der Waals surface area contributed by atoms with Crippen molar-refractivity contribution in [2.24, 2.45) is 11.8 Å². The lowest BCUT2D eigenvalue weighted by molar-refractivity contribution is 0.298. The second-order valence-electron chi connectivity index (χ2n) is 5.21. The number of hydrogen-bond acceptors (Lipinski definition) is 1. The molecule has 0 aliphatic heterocycles. The Bertz CT molecular complexity index is 379. The highest BCUT2D eigenvalue weighted by molar-refractivity contribution is 9.10. The smallest absolute Gasteiger partial charge is 0.126 e. The van der Waals surface area contributed by atoms with E-state index in [0.29, 0.717) is 17.9 Å². The van der Waals surface area contributed by atoms with Crippen molar-refractivity contribution in [3.05, 3.63) is 34.1 Å². The van der Waals surface area contributed by atoms with Gasteiger partial charge in [0, 0.05) is 10.5 Å². The lowest BCUT2D eigenvalue weighted by Gasteiger charge is -2.28. The van der Waals surface area contributed by atoms with Gasteiger partial charge >= 0.3 is 0 Å². The van der Waals surface area contributed by atoms with Gasteiger partial charge in [-0.05, 0) is 48.6 Å². The van der Waals surface area contributed by atoms with Crippen molar-refractivity contribution in [1.29, 1.82) is 0 Å². The molecule has 2 atom stereocenters. The Balaban J connectivity index is 2.85. The molecule has 0 bridgehead atoms. The van der Waals surface area contributed by atoms with Crippen molar-refractivity contribution >= 4 is 15.9 Å². The molecule has 18 heavy (non-hydrogen) atoms. The first-order chi connectivity index (χ1) is 8.45. The number of halogens is 2. The van der Waals surface area contributed by atoms with Crippen molar-refractivity contribution in [3.63, 3.8) is 0 Å². The van der Waals surface area contributed by atoms with Gasteiger partial charge < -0.3 is 5.32 Å². The maximum Gasteiger partial charge on any atom is 0.126 e. The Morgan fingerprint density at radius 2 is 1.94 bits per heavy atom. The molecule has 0 aliphatic carbocycles. The van der Waals surface area contributed by atoms with E-state index in [1.807, 2.05) is 6.07 Å². The van der Waals surface area contributed by atoms with Gasteiger partial charge in [-0.3, -0.25) is 0 Å². The number of benzene rings is 1. The third-order valence-electron chi connectivity index (χ3n) is 3.60. The van der Waals surface area contributed by atoms with Gasteiger partial charge in [0.05, 0.1) is 0 Å². The Morgan fingerprint density at radius 3 is 2.50 bits per heavy atom. The highest BCUT2D eigenvalue weighted by atomic mass is 79.9. The standard InChI is InChI=1S/C15H23BrFN/c1-5-18-15(11(4)10(2)3)9-12-8-13(16)6-7-14(12)17/h6-8,10-11,15,18H,5,9H2,1-4H3. The Morgan fingerprint density at radius 1 is 1.28 bits per heavy atom. The van der Waals surface area contributed by atoms with E-state index in [1.165, 1.54) is 6.07 Å². The molecule has 0 saturated carbocycles. The highest BCUT2D eigenvalue weighted by Gasteiger charge is 2.21. The quantitative estimate of drug-likeness (QED) is 0.820. The van der Waals surface area contributed by atoms with Crippen molar-refractivity contribution in [3.8, 4) is 0 Å². The van der Waals surface area contributed by atoms with Gasteiger partial charge in [0.1, 0.15) is 5.82 Å². The third kappa shape index (κ3) is 4.36. The second kappa shape index (κ2) is 7.25. The molecule has 1 rings (SSSR count). The van der Waals surface area contributed by atoms with Crippen molar-refractivity contribution < 1.29 is 4.39 Å². The van der Waals surface area contributed by atoms with Crippen molar-refractivity contribution in [2.45, 2.75) is 40.2 Å². The number of likely N-dealkylation sites (N-methyl/N-ethyl adjacent to an activating group) is 1. The van der Waals surface area contributed by atoms with E-state index >= 15 is 0 Å². The molecule has 0 spiro atoms. The summed E-state index contributed by atoms with van der Waals surface area (Å²) < 4.78 is 14.7. The summed E-state index contributed by atoms with van der Waals surface area (Å²) in [5.41, 5.74) is 0.780. The molecule has 0 fully saturated rings. The minimum Gasteiger partial charge on any atom is -0.314 e. The fourth-order valence-electron chi connectivity index (χ4n) is 2.11. The maximum atomic E-state index is 13.8. The zero-order chi connectivity index (χ0) is 13.7. The van der Waals surface area contributed by atoms with Crippen LogP contribution in [0.4, 0.5) is 4.39 Å². The summed E-state index contributed by atoms with van der Waals surface area (Å²) in [6, 6.07) is 5.47. The van der Waals surface area contributed by atoms with Gasteiger partial charge in [0.2, 0.25) is 0 Å². The molecule has 0 heterocycles. The van der Waals surface area contributed by atoms with Crippen molar-refractivity contribution in [1.82, 2.24) is 5.32 Å². The average molecular weight is 316 g/mol. The number of nitrogens with one attached hydrogen (secondary N) is 1. The van der Waals surface area contributed by atoms with E-state index in [9.17, 15) is 4.39 Å². The summed E-state index contributed by atoms with van der Waals surface area (Å²) in [4.78, 5) is 0. The largest absolute Gasteiger partial charge is 0.314 e. The molecule has 0 aromatic heterocycles. The molecule has 1 aromatic rings. The monoisotopic (exact) mass is 315 g/mol. The minimum absolute atomic E-state index is 0.114. The van der Waals surface area contributed by atoms with E-state index < -0.39 is 0 Å². The SMILES string of the molecule is CCNC(Cc1cc(Br)ccc1F)C(C)C(C)C. The van der Waals surface area contributed by atoms with Crippen LogP contribution in [0.2, 0.25) is 0 Å². The molecule has 0 aliphatic rings. The predicted octanol–water partition coefficient (Wildman–Crippen LogP) is 4.40. The normalized spacial score (nSPS) is 14.8. The predicted molar refractivity (Wildman–Crippen MR) is 79.3 cm³/mol. The Kier molecular flexibility index (Phi) is 6.30. The molecule has 102 valence electrons. The van der Waals surface area contributed by atoms with Crippen LogP contribution in [0.5, 0.6) is 0 Å². The van der Waals surface area contributed by atoms with E-state index in [4.69, 9.17) is 0 Å². The lowest BCUT2D eigenvalue weighted by atomic mass is 9.86. The van der Waals surface area contributed by atoms with Gasteiger partial charge in [0.15, 0.2) is 0 Å². The van der Waals surface area contributed by atoms with Gasteiger partial charge in [-0.25, -0.2) is 4.39 Å². The fraction of sp³-hybridized carbons (Fsp3) is 0.600. The fourth-order valence-corrected chi connectivity index (χ4v) is 2.52. The Hall–Kier alpha value is -0.410. The average Bonchev–Trinajstić information content (AvgIpc) is 2.32. The molecule has 0 radical (unpaired) electrons. The molecular formula is C15H23BrFN. The van der Waals surface area contributed by atoms with Crippen LogP contribution in [-0.4, -0.2) is 12.6 Å². The molecule has 0 amide bonds. The highest BCUT2D eigenvalue weighted by Crippen LogP contribution is 2.22. The first-order valence-electron chi connectivity index (χ1n) is 6.63. The summed E-state index contributed by atoms with van der Waals surface area (Å²) >= 11 is 3.40. The summed E-state index contributed by atoms with van der Waals surface area (Å²) in [6.07, 6.45) is 0.735. The summed E-state index contributed by atoms with van der Waals surface area (Å²) in [6.45, 7) is 9.67. The first kappa shape index (κ1) is 15.6. The molecule has 1 N–H and O–H groups in total. The van der Waals surface area contributed by atoms with Crippen LogP contribution >= 0.6 is 15.9 Å². The summed E-state index contributed by atoms with van der Waals surface area (Å²) in [5, 5.41) is 3.48. The number of hydrogen-bond donors (Lipinski definition) is 1. The summed E-state index contributed by atoms with van der Waals surface area (Å²) in [7, 11) is 0. The topological polar surface area (TPSA) is 12.0 Å². The van der Waals surface area contributed by atoms with E-state index in [2.05, 4.69) is 48.9 Å². The van der Waals surface area contributed by atoms with E-state index in [0.717, 1.165) is 23.0 Å². The molecule has 3 heteroatoms. The molecule has 0 saturated heterocycles. The van der Waals surface area contributed by atoms with Crippen LogP contribution in [0.3, 0.4) is 0 Å². The van der Waals surface area contributed by atoms with Gasteiger partial charge in [-0.2, -0.15) is 0 Å². The van der Waals surface area contributed by atoms with Crippen molar-refractivity contribution in [2.75, 3.05) is 6.54 Å². The molecule has 1 nitrogen and oxygen atoms in total. The van der Waals surface area contributed by atoms with Gasteiger partial charge in [-0.15, -0.1) is 0 Å². The van der Waals surface area contributed by atoms with E-state index in [-0.39, 0.29) is 5.82 Å².